The van der Waals surface area contributed by atoms with Crippen molar-refractivity contribution < 1.29 is 24.0 Å². The molecule has 0 unspecified atom stereocenters. The van der Waals surface area contributed by atoms with Crippen molar-refractivity contribution in [1.29, 1.82) is 0 Å². The number of hydrogen-bond donors (Lipinski definition) is 1. The number of nitrogens with zero attached hydrogens (tertiary/aromatic N) is 1. The molecule has 0 amide bonds. The van der Waals surface area contributed by atoms with E-state index in [1.165, 1.54) is 36.4 Å². The number of para-hydroxylation sites is 1. The van der Waals surface area contributed by atoms with E-state index in [1.807, 2.05) is 0 Å². The summed E-state index contributed by atoms with van der Waals surface area (Å²) in [5.41, 5.74) is -0.721. The zero-order valence-corrected chi connectivity index (χ0v) is 9.95. The monoisotopic (exact) mass is 277 g/mol. The van der Waals surface area contributed by atoms with Crippen LogP contribution < -0.4 is 4.74 Å². The zero-order chi connectivity index (χ0) is 14.7. The van der Waals surface area contributed by atoms with Crippen molar-refractivity contribution in [3.8, 4) is 11.5 Å². The topological polar surface area (TPSA) is 89.7 Å². The van der Waals surface area contributed by atoms with Gasteiger partial charge in [0.25, 0.3) is 0 Å². The van der Waals surface area contributed by atoms with E-state index in [4.69, 9.17) is 9.84 Å². The lowest BCUT2D eigenvalue weighted by Crippen LogP contribution is -1.98. The minimum Gasteiger partial charge on any atom is -0.478 e. The smallest absolute Gasteiger partial charge is 0.346 e. The Bertz CT molecular complexity index is 669. The first kappa shape index (κ1) is 13.5. The van der Waals surface area contributed by atoms with Gasteiger partial charge in [-0.3, -0.25) is 10.1 Å². The molecule has 0 aliphatic rings. The van der Waals surface area contributed by atoms with E-state index < -0.39 is 22.4 Å². The molecular weight excluding hydrogens is 269 g/mol. The van der Waals surface area contributed by atoms with Gasteiger partial charge in [-0.25, -0.2) is 4.79 Å². The molecule has 0 fully saturated rings. The maximum atomic E-state index is 13.4. The summed E-state index contributed by atoms with van der Waals surface area (Å²) >= 11 is 0. The van der Waals surface area contributed by atoms with Crippen molar-refractivity contribution in [2.24, 2.45) is 0 Å². The van der Waals surface area contributed by atoms with E-state index >= 15 is 0 Å². The van der Waals surface area contributed by atoms with Gasteiger partial charge in [-0.1, -0.05) is 6.07 Å². The summed E-state index contributed by atoms with van der Waals surface area (Å²) in [5, 5.41) is 19.5. The molecule has 7 heteroatoms. The summed E-state index contributed by atoms with van der Waals surface area (Å²) in [7, 11) is 0. The van der Waals surface area contributed by atoms with Gasteiger partial charge >= 0.3 is 11.7 Å². The summed E-state index contributed by atoms with van der Waals surface area (Å²) in [6.07, 6.45) is 0. The fourth-order valence-corrected chi connectivity index (χ4v) is 1.55. The minimum atomic E-state index is -1.10. The van der Waals surface area contributed by atoms with E-state index in [0.717, 1.165) is 6.07 Å². The van der Waals surface area contributed by atoms with Crippen LogP contribution in [0.3, 0.4) is 0 Å². The number of carbonyl (C=O) groups is 1. The Labute approximate surface area is 112 Å². The number of carboxylic acid groups (broad SMARTS) is 1. The van der Waals surface area contributed by atoms with Crippen LogP contribution in [0.4, 0.5) is 10.1 Å². The van der Waals surface area contributed by atoms with E-state index in [-0.39, 0.29) is 17.1 Å². The highest BCUT2D eigenvalue weighted by Gasteiger charge is 2.21. The fraction of sp³-hybridized carbons (Fsp3) is 0. The highest BCUT2D eigenvalue weighted by Crippen LogP contribution is 2.33. The van der Waals surface area contributed by atoms with Gasteiger partial charge in [-0.05, 0) is 36.4 Å². The van der Waals surface area contributed by atoms with Crippen LogP contribution in [-0.4, -0.2) is 16.0 Å². The van der Waals surface area contributed by atoms with Crippen molar-refractivity contribution in [2.75, 3.05) is 0 Å². The first-order valence-electron chi connectivity index (χ1n) is 5.43. The maximum absolute atomic E-state index is 13.4. The minimum absolute atomic E-state index is 0.0473. The van der Waals surface area contributed by atoms with Crippen molar-refractivity contribution in [3.05, 3.63) is 64.0 Å². The lowest BCUT2D eigenvalue weighted by molar-refractivity contribution is -0.388. The van der Waals surface area contributed by atoms with Gasteiger partial charge < -0.3 is 9.84 Å². The average Bonchev–Trinajstić information content (AvgIpc) is 2.39. The number of hydrogen-bond acceptors (Lipinski definition) is 4. The molecule has 1 N–H and O–H groups in total. The molecule has 102 valence electrons. The number of nitro benzene ring substituents is 1. The lowest BCUT2D eigenvalue weighted by Gasteiger charge is -2.06. The summed E-state index contributed by atoms with van der Waals surface area (Å²) in [6, 6.07) is 8.72. The zero-order valence-electron chi connectivity index (χ0n) is 9.95. The molecule has 0 aliphatic heterocycles. The Morgan fingerprint density at radius 3 is 2.40 bits per heavy atom. The highest BCUT2D eigenvalue weighted by atomic mass is 19.1. The Kier molecular flexibility index (Phi) is 3.60. The maximum Gasteiger partial charge on any atom is 0.346 e. The third-order valence-corrected chi connectivity index (χ3v) is 2.46. The number of rotatable bonds is 4. The SMILES string of the molecule is O=C(O)c1ccc(Oc2cccc(F)c2[N+](=O)[O-])cc1. The van der Waals surface area contributed by atoms with Crippen molar-refractivity contribution in [1.82, 2.24) is 0 Å². The molecule has 0 aromatic heterocycles. The second-order valence-corrected chi connectivity index (χ2v) is 3.78. The number of aromatic carboxylic acids is 1. The molecule has 0 heterocycles. The van der Waals surface area contributed by atoms with E-state index in [2.05, 4.69) is 0 Å². The van der Waals surface area contributed by atoms with Gasteiger partial charge in [0.15, 0.2) is 0 Å². The van der Waals surface area contributed by atoms with Crippen LogP contribution in [0.15, 0.2) is 42.5 Å². The van der Waals surface area contributed by atoms with Gasteiger partial charge in [-0.15, -0.1) is 0 Å². The molecule has 0 aliphatic carbocycles. The van der Waals surface area contributed by atoms with Crippen molar-refractivity contribution >= 4 is 11.7 Å². The molecule has 0 radical (unpaired) electrons. The second-order valence-electron chi connectivity index (χ2n) is 3.78. The largest absolute Gasteiger partial charge is 0.478 e. The summed E-state index contributed by atoms with van der Waals surface area (Å²) < 4.78 is 18.6. The number of ether oxygens (including phenoxy) is 1. The van der Waals surface area contributed by atoms with Gasteiger partial charge in [0, 0.05) is 0 Å². The van der Waals surface area contributed by atoms with Gasteiger partial charge in [0.1, 0.15) is 5.75 Å². The predicted octanol–water partition coefficient (Wildman–Crippen LogP) is 3.22. The van der Waals surface area contributed by atoms with Crippen LogP contribution in [0.2, 0.25) is 0 Å². The Morgan fingerprint density at radius 1 is 1.20 bits per heavy atom. The number of carboxylic acids is 1. The van der Waals surface area contributed by atoms with E-state index in [1.54, 1.807) is 0 Å². The molecule has 20 heavy (non-hydrogen) atoms. The molecular formula is C13H8FNO5. The first-order chi connectivity index (χ1) is 9.49. The molecule has 0 spiro atoms. The normalized spacial score (nSPS) is 10.1. The molecule has 6 nitrogen and oxygen atoms in total. The third-order valence-electron chi connectivity index (χ3n) is 2.46. The molecule has 0 saturated heterocycles. The van der Waals surface area contributed by atoms with Crippen LogP contribution in [0.25, 0.3) is 0 Å². The number of halogens is 1. The van der Waals surface area contributed by atoms with Crippen LogP contribution in [0, 0.1) is 15.9 Å². The van der Waals surface area contributed by atoms with Crippen LogP contribution in [0.5, 0.6) is 11.5 Å². The summed E-state index contributed by atoms with van der Waals surface area (Å²) in [4.78, 5) is 20.6. The standard InChI is InChI=1S/C13H8FNO5/c14-10-2-1-3-11(12(10)15(18)19)20-9-6-4-8(5-7-9)13(16)17/h1-7H,(H,16,17). The van der Waals surface area contributed by atoms with Gasteiger partial charge in [0.2, 0.25) is 11.6 Å². The van der Waals surface area contributed by atoms with Crippen LogP contribution >= 0.6 is 0 Å². The molecule has 0 saturated carbocycles. The van der Waals surface area contributed by atoms with E-state index in [9.17, 15) is 19.3 Å². The first-order valence-corrected chi connectivity index (χ1v) is 5.43. The van der Waals surface area contributed by atoms with Crippen molar-refractivity contribution in [3.63, 3.8) is 0 Å². The van der Waals surface area contributed by atoms with Crippen LogP contribution in [-0.2, 0) is 0 Å². The molecule has 2 rings (SSSR count). The Hall–Kier alpha value is -2.96. The van der Waals surface area contributed by atoms with Gasteiger partial charge in [0.05, 0.1) is 10.5 Å². The quantitative estimate of drug-likeness (QED) is 0.684. The predicted molar refractivity (Wildman–Crippen MR) is 66.5 cm³/mol. The molecule has 2 aromatic carbocycles. The van der Waals surface area contributed by atoms with Gasteiger partial charge in [-0.2, -0.15) is 4.39 Å². The second kappa shape index (κ2) is 5.35. The number of nitro groups is 1. The lowest BCUT2D eigenvalue weighted by atomic mass is 10.2. The average molecular weight is 277 g/mol. The van der Waals surface area contributed by atoms with Crippen LogP contribution in [0.1, 0.15) is 10.4 Å². The Morgan fingerprint density at radius 2 is 1.85 bits per heavy atom. The fourth-order valence-electron chi connectivity index (χ4n) is 1.55. The van der Waals surface area contributed by atoms with Crippen molar-refractivity contribution in [2.45, 2.75) is 0 Å². The molecule has 0 bridgehead atoms. The highest BCUT2D eigenvalue weighted by molar-refractivity contribution is 5.87. The number of benzene rings is 2. The third kappa shape index (κ3) is 2.72. The molecule has 0 atom stereocenters. The summed E-state index contributed by atoms with van der Waals surface area (Å²) in [5.74, 6) is -2.19. The molecule has 2 aromatic rings. The summed E-state index contributed by atoms with van der Waals surface area (Å²) in [6.45, 7) is 0. The van der Waals surface area contributed by atoms with E-state index in [0.29, 0.717) is 0 Å². The Balaban J connectivity index is 2.33.